The second kappa shape index (κ2) is 5.66. The first-order valence-electron chi connectivity index (χ1n) is 7.21. The van der Waals surface area contributed by atoms with Crippen molar-refractivity contribution < 1.29 is 5.21 Å². The van der Waals surface area contributed by atoms with Crippen LogP contribution in [0.4, 0.5) is 5.82 Å². The second-order valence-electron chi connectivity index (χ2n) is 5.52. The number of hydrogen-bond donors (Lipinski definition) is 2. The minimum absolute atomic E-state index is 0.0983. The highest BCUT2D eigenvalue weighted by Crippen LogP contribution is 2.23. The number of hydrogen-bond acceptors (Lipinski definition) is 5. The smallest absolute Gasteiger partial charge is 0.171 e. The molecule has 3 heterocycles. The first-order chi connectivity index (χ1) is 9.78. The Hall–Kier alpha value is -1.82. The molecule has 0 amide bonds. The number of nitrogens with two attached hydrogens (primary N) is 1. The van der Waals surface area contributed by atoms with Crippen molar-refractivity contribution in [3.63, 3.8) is 0 Å². The third-order valence-electron chi connectivity index (χ3n) is 4.31. The molecule has 3 N–H and O–H groups in total. The van der Waals surface area contributed by atoms with Crippen molar-refractivity contribution in [2.24, 2.45) is 10.9 Å². The summed E-state index contributed by atoms with van der Waals surface area (Å²) in [4.78, 5) is 9.38. The number of anilines is 1. The van der Waals surface area contributed by atoms with Gasteiger partial charge in [0, 0.05) is 37.4 Å². The molecule has 6 heteroatoms. The first-order valence-corrected chi connectivity index (χ1v) is 7.21. The van der Waals surface area contributed by atoms with Gasteiger partial charge in [-0.3, -0.25) is 4.90 Å². The molecule has 0 spiro atoms. The first kappa shape index (κ1) is 13.2. The third-order valence-corrected chi connectivity index (χ3v) is 4.31. The lowest BCUT2D eigenvalue weighted by Gasteiger charge is -2.44. The van der Waals surface area contributed by atoms with Crippen molar-refractivity contribution in [1.29, 1.82) is 0 Å². The average Bonchev–Trinajstić information content (AvgIpc) is 2.54. The quantitative estimate of drug-likeness (QED) is 0.362. The zero-order valence-corrected chi connectivity index (χ0v) is 11.6. The van der Waals surface area contributed by atoms with Gasteiger partial charge in [-0.1, -0.05) is 11.6 Å². The van der Waals surface area contributed by atoms with E-state index in [1.165, 1.54) is 25.8 Å². The van der Waals surface area contributed by atoms with Gasteiger partial charge in [0.1, 0.15) is 5.82 Å². The highest BCUT2D eigenvalue weighted by molar-refractivity contribution is 5.96. The van der Waals surface area contributed by atoms with Gasteiger partial charge in [0.2, 0.25) is 0 Å². The zero-order valence-electron chi connectivity index (χ0n) is 11.6. The summed E-state index contributed by atoms with van der Waals surface area (Å²) in [7, 11) is 0. The van der Waals surface area contributed by atoms with Crippen LogP contribution < -0.4 is 10.6 Å². The van der Waals surface area contributed by atoms with Crippen LogP contribution in [-0.2, 0) is 0 Å². The van der Waals surface area contributed by atoms with Gasteiger partial charge in [0.25, 0.3) is 0 Å². The van der Waals surface area contributed by atoms with E-state index in [1.807, 2.05) is 12.1 Å². The maximum atomic E-state index is 8.65. The van der Waals surface area contributed by atoms with Crippen LogP contribution in [0.5, 0.6) is 0 Å². The van der Waals surface area contributed by atoms with Crippen LogP contribution >= 0.6 is 0 Å². The van der Waals surface area contributed by atoms with E-state index in [0.29, 0.717) is 11.6 Å². The highest BCUT2D eigenvalue weighted by atomic mass is 16.4. The minimum Gasteiger partial charge on any atom is -0.409 e. The molecule has 1 aromatic heterocycles. The zero-order chi connectivity index (χ0) is 13.9. The molecule has 0 radical (unpaired) electrons. The van der Waals surface area contributed by atoms with Crippen LogP contribution in [0.1, 0.15) is 24.8 Å². The summed E-state index contributed by atoms with van der Waals surface area (Å²) in [5.41, 5.74) is 6.20. The SMILES string of the molecule is N/C(=N/O)c1ccc(N2CCN3CCCCC3C2)nc1. The molecule has 1 aromatic rings. The molecule has 0 aromatic carbocycles. The number of pyridine rings is 1. The lowest BCUT2D eigenvalue weighted by atomic mass is 9.99. The molecule has 0 bridgehead atoms. The van der Waals surface area contributed by atoms with Crippen molar-refractivity contribution in [1.82, 2.24) is 9.88 Å². The monoisotopic (exact) mass is 275 g/mol. The van der Waals surface area contributed by atoms with Crippen LogP contribution in [0.15, 0.2) is 23.5 Å². The highest BCUT2D eigenvalue weighted by Gasteiger charge is 2.29. The largest absolute Gasteiger partial charge is 0.409 e. The van der Waals surface area contributed by atoms with Gasteiger partial charge in [-0.15, -0.1) is 0 Å². The molecule has 0 aliphatic carbocycles. The van der Waals surface area contributed by atoms with Crippen LogP contribution in [0.3, 0.4) is 0 Å². The van der Waals surface area contributed by atoms with E-state index in [9.17, 15) is 0 Å². The third kappa shape index (κ3) is 2.56. The van der Waals surface area contributed by atoms with Crippen molar-refractivity contribution in [2.45, 2.75) is 25.3 Å². The summed E-state index contributed by atoms with van der Waals surface area (Å²) in [5, 5.41) is 11.6. The molecule has 20 heavy (non-hydrogen) atoms. The molecule has 0 saturated carbocycles. The average molecular weight is 275 g/mol. The summed E-state index contributed by atoms with van der Waals surface area (Å²) in [6.45, 7) is 4.44. The number of oxime groups is 1. The number of rotatable bonds is 2. The number of piperazine rings is 1. The van der Waals surface area contributed by atoms with Gasteiger partial charge in [0.05, 0.1) is 0 Å². The fourth-order valence-electron chi connectivity index (χ4n) is 3.15. The number of nitrogens with zero attached hydrogens (tertiary/aromatic N) is 4. The number of fused-ring (bicyclic) bond motifs is 1. The fraction of sp³-hybridized carbons (Fsp3) is 0.571. The standard InChI is InChI=1S/C14H21N5O/c15-14(17-20)11-4-5-13(16-9-11)19-8-7-18-6-2-1-3-12(18)10-19/h4-5,9,12,20H,1-3,6-8,10H2,(H2,15,17). The predicted octanol–water partition coefficient (Wildman–Crippen LogP) is 0.851. The van der Waals surface area contributed by atoms with Crippen molar-refractivity contribution in [3.8, 4) is 0 Å². The van der Waals surface area contributed by atoms with E-state index in [-0.39, 0.29) is 5.84 Å². The topological polar surface area (TPSA) is 78.0 Å². The van der Waals surface area contributed by atoms with Crippen molar-refractivity contribution in [3.05, 3.63) is 23.9 Å². The van der Waals surface area contributed by atoms with Crippen molar-refractivity contribution in [2.75, 3.05) is 31.1 Å². The normalized spacial score (nSPS) is 24.5. The fourth-order valence-corrected chi connectivity index (χ4v) is 3.15. The number of aromatic nitrogens is 1. The molecule has 1 unspecified atom stereocenters. The summed E-state index contributed by atoms with van der Waals surface area (Å²) in [5.74, 6) is 1.07. The van der Waals surface area contributed by atoms with E-state index in [1.54, 1.807) is 6.20 Å². The maximum absolute atomic E-state index is 8.65. The lowest BCUT2D eigenvalue weighted by molar-refractivity contribution is 0.133. The van der Waals surface area contributed by atoms with E-state index in [0.717, 1.165) is 25.5 Å². The van der Waals surface area contributed by atoms with Gasteiger partial charge in [-0.2, -0.15) is 0 Å². The molecular weight excluding hydrogens is 254 g/mol. The van der Waals surface area contributed by atoms with Gasteiger partial charge in [-0.05, 0) is 31.5 Å². The number of piperidine rings is 1. The molecule has 2 aliphatic rings. The Balaban J connectivity index is 1.70. The van der Waals surface area contributed by atoms with Gasteiger partial charge in [0.15, 0.2) is 5.84 Å². The molecule has 2 saturated heterocycles. The Labute approximate surface area is 118 Å². The van der Waals surface area contributed by atoms with Crippen molar-refractivity contribution >= 4 is 11.7 Å². The molecule has 6 nitrogen and oxygen atoms in total. The molecule has 1 atom stereocenters. The minimum atomic E-state index is 0.0983. The van der Waals surface area contributed by atoms with Crippen LogP contribution in [0.2, 0.25) is 0 Å². The van der Waals surface area contributed by atoms with E-state index < -0.39 is 0 Å². The van der Waals surface area contributed by atoms with Gasteiger partial charge in [-0.25, -0.2) is 4.98 Å². The molecule has 2 aliphatic heterocycles. The van der Waals surface area contributed by atoms with E-state index in [4.69, 9.17) is 10.9 Å². The molecule has 2 fully saturated rings. The second-order valence-corrected chi connectivity index (χ2v) is 5.52. The Morgan fingerprint density at radius 1 is 1.30 bits per heavy atom. The summed E-state index contributed by atoms with van der Waals surface area (Å²) in [6, 6.07) is 4.47. The van der Waals surface area contributed by atoms with Crippen LogP contribution in [0, 0.1) is 0 Å². The number of amidine groups is 1. The van der Waals surface area contributed by atoms with Crippen LogP contribution in [-0.4, -0.2) is 53.1 Å². The maximum Gasteiger partial charge on any atom is 0.171 e. The Morgan fingerprint density at radius 3 is 2.95 bits per heavy atom. The summed E-state index contributed by atoms with van der Waals surface area (Å²) >= 11 is 0. The van der Waals surface area contributed by atoms with Crippen LogP contribution in [0.25, 0.3) is 0 Å². The summed E-state index contributed by atoms with van der Waals surface area (Å²) < 4.78 is 0. The summed E-state index contributed by atoms with van der Waals surface area (Å²) in [6.07, 6.45) is 5.63. The lowest BCUT2D eigenvalue weighted by Crippen LogP contribution is -2.55. The Morgan fingerprint density at radius 2 is 2.20 bits per heavy atom. The van der Waals surface area contributed by atoms with Gasteiger partial charge >= 0.3 is 0 Å². The predicted molar refractivity (Wildman–Crippen MR) is 78.2 cm³/mol. The van der Waals surface area contributed by atoms with Gasteiger partial charge < -0.3 is 15.8 Å². The molecule has 108 valence electrons. The van der Waals surface area contributed by atoms with E-state index in [2.05, 4.69) is 19.9 Å². The molecule has 3 rings (SSSR count). The van der Waals surface area contributed by atoms with E-state index >= 15 is 0 Å². The Bertz CT molecular complexity index is 487. The molecular formula is C14H21N5O. The Kier molecular flexibility index (Phi) is 3.73.